The minimum absolute atomic E-state index is 0.0365. The van der Waals surface area contributed by atoms with Crippen LogP contribution in [0.15, 0.2) is 42.7 Å². The van der Waals surface area contributed by atoms with Crippen molar-refractivity contribution in [3.63, 3.8) is 0 Å². The molecule has 1 aliphatic heterocycles. The average molecular weight is 379 g/mol. The van der Waals surface area contributed by atoms with Crippen LogP contribution in [0.3, 0.4) is 0 Å². The van der Waals surface area contributed by atoms with E-state index in [1.54, 1.807) is 0 Å². The molecule has 5 heteroatoms. The molecule has 2 aliphatic rings. The van der Waals surface area contributed by atoms with Crippen LogP contribution < -0.4 is 10.2 Å². The first-order valence-corrected chi connectivity index (χ1v) is 10.7. The lowest BCUT2D eigenvalue weighted by atomic mass is 9.96. The Hall–Kier alpha value is -2.43. The Morgan fingerprint density at radius 1 is 0.893 bits per heavy atom. The molecule has 0 spiro atoms. The van der Waals surface area contributed by atoms with Crippen molar-refractivity contribution in [3.05, 3.63) is 42.7 Å². The van der Waals surface area contributed by atoms with Gasteiger partial charge in [0.2, 0.25) is 11.9 Å². The molecule has 4 rings (SSSR count). The number of anilines is 1. The standard InChI is InChI=1S/C23H30N4O/c28-22(26-21-12-6-1-2-7-13-21)19-11-8-14-27(17-19)23-24-15-20(16-25-23)18-9-4-3-5-10-18/h3-5,9-10,15-16,19,21H,1-2,6-8,11-14,17H2,(H,26,28)/t19-/m0/s1. The molecule has 1 atom stereocenters. The number of hydrogen-bond acceptors (Lipinski definition) is 4. The number of aromatic nitrogens is 2. The monoisotopic (exact) mass is 378 g/mol. The molecule has 1 saturated carbocycles. The number of carbonyl (C=O) groups excluding carboxylic acids is 1. The van der Waals surface area contributed by atoms with Crippen LogP contribution in [0.5, 0.6) is 0 Å². The van der Waals surface area contributed by atoms with Gasteiger partial charge in [-0.25, -0.2) is 9.97 Å². The van der Waals surface area contributed by atoms with Gasteiger partial charge in [0.25, 0.3) is 0 Å². The summed E-state index contributed by atoms with van der Waals surface area (Å²) in [6.07, 6.45) is 13.1. The van der Waals surface area contributed by atoms with Gasteiger partial charge < -0.3 is 10.2 Å². The molecule has 5 nitrogen and oxygen atoms in total. The maximum atomic E-state index is 12.8. The van der Waals surface area contributed by atoms with Crippen LogP contribution in [0.2, 0.25) is 0 Å². The number of benzene rings is 1. The fraction of sp³-hybridized carbons (Fsp3) is 0.522. The maximum Gasteiger partial charge on any atom is 0.225 e. The summed E-state index contributed by atoms with van der Waals surface area (Å²) in [5, 5.41) is 3.32. The molecule has 1 aromatic heterocycles. The van der Waals surface area contributed by atoms with E-state index in [4.69, 9.17) is 0 Å². The van der Waals surface area contributed by atoms with Gasteiger partial charge in [-0.1, -0.05) is 56.0 Å². The summed E-state index contributed by atoms with van der Waals surface area (Å²) >= 11 is 0. The molecule has 0 unspecified atom stereocenters. The van der Waals surface area contributed by atoms with E-state index < -0.39 is 0 Å². The highest BCUT2D eigenvalue weighted by atomic mass is 16.2. The highest BCUT2D eigenvalue weighted by Crippen LogP contribution is 2.24. The largest absolute Gasteiger partial charge is 0.353 e. The zero-order valence-corrected chi connectivity index (χ0v) is 16.5. The Morgan fingerprint density at radius 2 is 1.61 bits per heavy atom. The molecule has 1 N–H and O–H groups in total. The molecule has 0 radical (unpaired) electrons. The van der Waals surface area contributed by atoms with Gasteiger partial charge in [-0.2, -0.15) is 0 Å². The van der Waals surface area contributed by atoms with Crippen molar-refractivity contribution in [3.8, 4) is 11.1 Å². The van der Waals surface area contributed by atoms with Crippen LogP contribution in [0.25, 0.3) is 11.1 Å². The Kier molecular flexibility index (Phi) is 6.20. The summed E-state index contributed by atoms with van der Waals surface area (Å²) < 4.78 is 0. The van der Waals surface area contributed by atoms with E-state index in [0.29, 0.717) is 12.6 Å². The van der Waals surface area contributed by atoms with E-state index in [1.165, 1.54) is 25.7 Å². The van der Waals surface area contributed by atoms with Crippen LogP contribution in [0, 0.1) is 5.92 Å². The summed E-state index contributed by atoms with van der Waals surface area (Å²) in [6, 6.07) is 10.5. The Bertz CT molecular complexity index is 754. The van der Waals surface area contributed by atoms with Gasteiger partial charge >= 0.3 is 0 Å². The molecule has 2 aromatic rings. The molecule has 2 heterocycles. The highest BCUT2D eigenvalue weighted by molar-refractivity contribution is 5.79. The van der Waals surface area contributed by atoms with Gasteiger partial charge in [0.1, 0.15) is 0 Å². The third-order valence-corrected chi connectivity index (χ3v) is 6.02. The number of carbonyl (C=O) groups is 1. The number of amides is 1. The van der Waals surface area contributed by atoms with E-state index in [2.05, 4.69) is 32.3 Å². The van der Waals surface area contributed by atoms with Gasteiger partial charge in [-0.15, -0.1) is 0 Å². The lowest BCUT2D eigenvalue weighted by Gasteiger charge is -2.32. The molecule has 1 aromatic carbocycles. The van der Waals surface area contributed by atoms with E-state index in [-0.39, 0.29) is 11.8 Å². The fourth-order valence-corrected chi connectivity index (χ4v) is 4.38. The second-order valence-electron chi connectivity index (χ2n) is 8.12. The second kappa shape index (κ2) is 9.18. The smallest absolute Gasteiger partial charge is 0.225 e. The second-order valence-corrected chi connectivity index (χ2v) is 8.12. The van der Waals surface area contributed by atoms with Gasteiger partial charge in [0.15, 0.2) is 0 Å². The normalized spacial score (nSPS) is 21.1. The van der Waals surface area contributed by atoms with Crippen LogP contribution >= 0.6 is 0 Å². The molecule has 1 amide bonds. The first-order valence-electron chi connectivity index (χ1n) is 10.7. The third kappa shape index (κ3) is 4.70. The van der Waals surface area contributed by atoms with E-state index in [1.807, 2.05) is 30.6 Å². The molecule has 148 valence electrons. The first-order chi connectivity index (χ1) is 13.8. The average Bonchev–Trinajstić information content (AvgIpc) is 3.03. The predicted octanol–water partition coefficient (Wildman–Crippen LogP) is 4.20. The lowest BCUT2D eigenvalue weighted by Crippen LogP contribution is -2.46. The van der Waals surface area contributed by atoms with Crippen molar-refractivity contribution in [1.82, 2.24) is 15.3 Å². The molecule has 28 heavy (non-hydrogen) atoms. The van der Waals surface area contributed by atoms with E-state index >= 15 is 0 Å². The Labute approximate surface area is 167 Å². The Balaban J connectivity index is 1.37. The quantitative estimate of drug-likeness (QED) is 0.810. The number of nitrogens with one attached hydrogen (secondary N) is 1. The van der Waals surface area contributed by atoms with Crippen molar-refractivity contribution in [2.45, 2.75) is 57.4 Å². The molecule has 1 aliphatic carbocycles. The minimum Gasteiger partial charge on any atom is -0.353 e. The molecular formula is C23H30N4O. The summed E-state index contributed by atoms with van der Waals surface area (Å²) in [5.74, 6) is 0.985. The van der Waals surface area contributed by atoms with Crippen LogP contribution in [0.4, 0.5) is 5.95 Å². The first kappa shape index (κ1) is 18.9. The van der Waals surface area contributed by atoms with E-state index in [0.717, 1.165) is 49.3 Å². The van der Waals surface area contributed by atoms with Crippen LogP contribution in [-0.2, 0) is 4.79 Å². The van der Waals surface area contributed by atoms with Crippen molar-refractivity contribution in [1.29, 1.82) is 0 Å². The topological polar surface area (TPSA) is 58.1 Å². The summed E-state index contributed by atoms with van der Waals surface area (Å²) in [5.41, 5.74) is 2.14. The Morgan fingerprint density at radius 3 is 2.32 bits per heavy atom. The number of hydrogen-bond donors (Lipinski definition) is 1. The van der Waals surface area contributed by atoms with Crippen molar-refractivity contribution < 1.29 is 4.79 Å². The van der Waals surface area contributed by atoms with Gasteiger partial charge in [-0.05, 0) is 31.2 Å². The summed E-state index contributed by atoms with van der Waals surface area (Å²) in [4.78, 5) is 24.1. The van der Waals surface area contributed by atoms with Gasteiger partial charge in [-0.3, -0.25) is 4.79 Å². The summed E-state index contributed by atoms with van der Waals surface area (Å²) in [7, 11) is 0. The van der Waals surface area contributed by atoms with Crippen molar-refractivity contribution in [2.24, 2.45) is 5.92 Å². The molecule has 2 fully saturated rings. The maximum absolute atomic E-state index is 12.8. The number of piperidine rings is 1. The van der Waals surface area contributed by atoms with Crippen molar-refractivity contribution >= 4 is 11.9 Å². The fourth-order valence-electron chi connectivity index (χ4n) is 4.38. The zero-order valence-electron chi connectivity index (χ0n) is 16.5. The number of nitrogens with zero attached hydrogens (tertiary/aromatic N) is 3. The third-order valence-electron chi connectivity index (χ3n) is 6.02. The van der Waals surface area contributed by atoms with Crippen LogP contribution in [0.1, 0.15) is 51.4 Å². The SMILES string of the molecule is O=C(NC1CCCCCC1)[C@H]1CCCN(c2ncc(-c3ccccc3)cn2)C1. The molecule has 1 saturated heterocycles. The van der Waals surface area contributed by atoms with Crippen LogP contribution in [-0.4, -0.2) is 35.0 Å². The van der Waals surface area contributed by atoms with Crippen molar-refractivity contribution in [2.75, 3.05) is 18.0 Å². The van der Waals surface area contributed by atoms with Gasteiger partial charge in [0.05, 0.1) is 5.92 Å². The van der Waals surface area contributed by atoms with Gasteiger partial charge in [0, 0.05) is 37.1 Å². The van der Waals surface area contributed by atoms with E-state index in [9.17, 15) is 4.79 Å². The minimum atomic E-state index is 0.0365. The zero-order chi connectivity index (χ0) is 19.2. The predicted molar refractivity (Wildman–Crippen MR) is 112 cm³/mol. The molecule has 0 bridgehead atoms. The lowest BCUT2D eigenvalue weighted by molar-refractivity contribution is -0.126. The molecular weight excluding hydrogens is 348 g/mol. The summed E-state index contributed by atoms with van der Waals surface area (Å²) in [6.45, 7) is 1.63. The highest BCUT2D eigenvalue weighted by Gasteiger charge is 2.28. The number of rotatable bonds is 4.